The molecule has 0 aliphatic carbocycles. The Morgan fingerprint density at radius 1 is 1.29 bits per heavy atom. The number of aliphatic hydroxyl groups is 1. The molecule has 3 heteroatoms. The molecule has 2 nitrogen and oxygen atoms in total. The topological polar surface area (TPSA) is 46.2 Å². The van der Waals surface area contributed by atoms with E-state index in [1.54, 1.807) is 11.3 Å². The average Bonchev–Trinajstić information content (AvgIpc) is 2.83. The quantitative estimate of drug-likeness (QED) is 0.663. The van der Waals surface area contributed by atoms with Crippen molar-refractivity contribution in [1.29, 1.82) is 0 Å². The van der Waals surface area contributed by atoms with E-state index >= 15 is 0 Å². The smallest absolute Gasteiger partial charge is 0.0628 e. The molecule has 1 heterocycles. The highest BCUT2D eigenvalue weighted by atomic mass is 32.1. The summed E-state index contributed by atoms with van der Waals surface area (Å²) in [7, 11) is 0. The Balaban J connectivity index is 2.27. The summed E-state index contributed by atoms with van der Waals surface area (Å²) in [5.41, 5.74) is 5.76. The SMILES string of the molecule is CCCCCCCC(O)C(CN)c1cccs1. The van der Waals surface area contributed by atoms with Crippen LogP contribution in [-0.2, 0) is 0 Å². The van der Waals surface area contributed by atoms with Crippen molar-refractivity contribution in [3.63, 3.8) is 0 Å². The molecule has 1 aromatic heterocycles. The van der Waals surface area contributed by atoms with Crippen LogP contribution in [0.2, 0.25) is 0 Å². The Bertz CT molecular complexity index is 274. The van der Waals surface area contributed by atoms with Crippen molar-refractivity contribution in [2.75, 3.05) is 6.54 Å². The molecule has 0 amide bonds. The third-order valence-corrected chi connectivity index (χ3v) is 4.23. The van der Waals surface area contributed by atoms with Crippen LogP contribution in [0.15, 0.2) is 17.5 Å². The molecule has 2 atom stereocenters. The fourth-order valence-corrected chi connectivity index (χ4v) is 3.02. The summed E-state index contributed by atoms with van der Waals surface area (Å²) in [6.07, 6.45) is 6.80. The lowest BCUT2D eigenvalue weighted by molar-refractivity contribution is 0.133. The molecule has 2 unspecified atom stereocenters. The third-order valence-electron chi connectivity index (χ3n) is 3.23. The molecule has 3 N–H and O–H groups in total. The standard InChI is InChI=1S/C14H25NOS/c1-2-3-4-5-6-8-13(16)12(11-15)14-9-7-10-17-14/h7,9-10,12-13,16H,2-6,8,11,15H2,1H3. The zero-order chi connectivity index (χ0) is 12.5. The van der Waals surface area contributed by atoms with Crippen LogP contribution in [0.25, 0.3) is 0 Å². The highest BCUT2D eigenvalue weighted by molar-refractivity contribution is 7.10. The first-order valence-electron chi connectivity index (χ1n) is 6.71. The monoisotopic (exact) mass is 255 g/mol. The maximum Gasteiger partial charge on any atom is 0.0628 e. The maximum absolute atomic E-state index is 10.2. The normalized spacial score (nSPS) is 14.8. The zero-order valence-electron chi connectivity index (χ0n) is 10.8. The van der Waals surface area contributed by atoms with Gasteiger partial charge in [-0.3, -0.25) is 0 Å². The van der Waals surface area contributed by atoms with E-state index in [9.17, 15) is 5.11 Å². The molecule has 17 heavy (non-hydrogen) atoms. The largest absolute Gasteiger partial charge is 0.392 e. The number of rotatable bonds is 9. The molecule has 0 fully saturated rings. The number of aliphatic hydroxyl groups excluding tert-OH is 1. The Morgan fingerprint density at radius 3 is 2.65 bits per heavy atom. The van der Waals surface area contributed by atoms with Crippen molar-refractivity contribution in [3.05, 3.63) is 22.4 Å². The van der Waals surface area contributed by atoms with Gasteiger partial charge in [-0.2, -0.15) is 0 Å². The van der Waals surface area contributed by atoms with Gasteiger partial charge in [-0.25, -0.2) is 0 Å². The van der Waals surface area contributed by atoms with Gasteiger partial charge in [-0.05, 0) is 17.9 Å². The van der Waals surface area contributed by atoms with Crippen LogP contribution in [0, 0.1) is 0 Å². The van der Waals surface area contributed by atoms with Crippen molar-refractivity contribution in [2.45, 2.75) is 57.5 Å². The number of unbranched alkanes of at least 4 members (excludes halogenated alkanes) is 4. The molecule has 98 valence electrons. The van der Waals surface area contributed by atoms with Crippen LogP contribution >= 0.6 is 11.3 Å². The Morgan fingerprint density at radius 2 is 2.06 bits per heavy atom. The van der Waals surface area contributed by atoms with Crippen LogP contribution in [0.4, 0.5) is 0 Å². The summed E-state index contributed by atoms with van der Waals surface area (Å²) >= 11 is 1.69. The van der Waals surface area contributed by atoms with Gasteiger partial charge in [0.2, 0.25) is 0 Å². The zero-order valence-corrected chi connectivity index (χ0v) is 11.6. The number of hydrogen-bond acceptors (Lipinski definition) is 3. The van der Waals surface area contributed by atoms with Crippen molar-refractivity contribution in [3.8, 4) is 0 Å². The predicted molar refractivity (Wildman–Crippen MR) is 75.5 cm³/mol. The van der Waals surface area contributed by atoms with E-state index in [0.717, 1.165) is 12.8 Å². The molecule has 0 radical (unpaired) electrons. The van der Waals surface area contributed by atoms with Gasteiger partial charge in [-0.1, -0.05) is 45.1 Å². The molecule has 0 aliphatic heterocycles. The highest BCUT2D eigenvalue weighted by Crippen LogP contribution is 2.26. The van der Waals surface area contributed by atoms with Crippen molar-refractivity contribution in [1.82, 2.24) is 0 Å². The van der Waals surface area contributed by atoms with E-state index in [1.807, 2.05) is 11.4 Å². The lowest BCUT2D eigenvalue weighted by atomic mass is 9.95. The van der Waals surface area contributed by atoms with Crippen molar-refractivity contribution >= 4 is 11.3 Å². The summed E-state index contributed by atoms with van der Waals surface area (Å²) in [4.78, 5) is 1.22. The Labute approximate surface area is 109 Å². The van der Waals surface area contributed by atoms with E-state index in [4.69, 9.17) is 5.73 Å². The van der Waals surface area contributed by atoms with Crippen LogP contribution in [0.5, 0.6) is 0 Å². The molecule has 0 aromatic carbocycles. The minimum absolute atomic E-state index is 0.126. The molecular formula is C14H25NOS. The summed E-state index contributed by atoms with van der Waals surface area (Å²) in [5.74, 6) is 0.126. The first-order valence-corrected chi connectivity index (χ1v) is 7.59. The number of nitrogens with two attached hydrogens (primary N) is 1. The van der Waals surface area contributed by atoms with E-state index in [0.29, 0.717) is 6.54 Å². The molecule has 0 aliphatic rings. The minimum atomic E-state index is -0.278. The number of hydrogen-bond donors (Lipinski definition) is 2. The second-order valence-electron chi connectivity index (χ2n) is 4.63. The fraction of sp³-hybridized carbons (Fsp3) is 0.714. The van der Waals surface area contributed by atoms with Gasteiger partial charge in [0.1, 0.15) is 0 Å². The van der Waals surface area contributed by atoms with Crippen molar-refractivity contribution < 1.29 is 5.11 Å². The average molecular weight is 255 g/mol. The first-order chi connectivity index (χ1) is 8.29. The Hall–Kier alpha value is -0.380. The fourth-order valence-electron chi connectivity index (χ4n) is 2.12. The second-order valence-corrected chi connectivity index (χ2v) is 5.61. The number of thiophene rings is 1. The van der Waals surface area contributed by atoms with E-state index in [-0.39, 0.29) is 12.0 Å². The molecule has 0 saturated heterocycles. The van der Waals surface area contributed by atoms with Gasteiger partial charge in [-0.15, -0.1) is 11.3 Å². The lowest BCUT2D eigenvalue weighted by Crippen LogP contribution is -2.25. The second kappa shape index (κ2) is 8.67. The van der Waals surface area contributed by atoms with E-state index < -0.39 is 0 Å². The van der Waals surface area contributed by atoms with Crippen LogP contribution in [0.3, 0.4) is 0 Å². The summed E-state index contributed by atoms with van der Waals surface area (Å²) in [6, 6.07) is 4.10. The van der Waals surface area contributed by atoms with Crippen LogP contribution in [-0.4, -0.2) is 17.8 Å². The molecule has 0 bridgehead atoms. The van der Waals surface area contributed by atoms with Gasteiger partial charge in [0.25, 0.3) is 0 Å². The lowest BCUT2D eigenvalue weighted by Gasteiger charge is -2.20. The summed E-state index contributed by atoms with van der Waals surface area (Å²) < 4.78 is 0. The van der Waals surface area contributed by atoms with Crippen LogP contribution in [0.1, 0.15) is 56.2 Å². The first kappa shape index (κ1) is 14.7. The Kier molecular flexibility index (Phi) is 7.49. The van der Waals surface area contributed by atoms with Gasteiger partial charge in [0.05, 0.1) is 6.10 Å². The molecule has 1 aromatic rings. The highest BCUT2D eigenvalue weighted by Gasteiger charge is 2.19. The van der Waals surface area contributed by atoms with E-state index in [1.165, 1.54) is 30.6 Å². The van der Waals surface area contributed by atoms with Gasteiger partial charge >= 0.3 is 0 Å². The molecular weight excluding hydrogens is 230 g/mol. The molecule has 0 spiro atoms. The maximum atomic E-state index is 10.2. The van der Waals surface area contributed by atoms with Gasteiger partial charge in [0, 0.05) is 17.3 Å². The van der Waals surface area contributed by atoms with Gasteiger partial charge in [0.15, 0.2) is 0 Å². The summed E-state index contributed by atoms with van der Waals surface area (Å²) in [5, 5.41) is 12.2. The summed E-state index contributed by atoms with van der Waals surface area (Å²) in [6.45, 7) is 2.76. The predicted octanol–water partition coefficient (Wildman–Crippen LogP) is 3.51. The van der Waals surface area contributed by atoms with Crippen molar-refractivity contribution in [2.24, 2.45) is 5.73 Å². The molecule has 0 saturated carbocycles. The minimum Gasteiger partial charge on any atom is -0.392 e. The van der Waals surface area contributed by atoms with Crippen LogP contribution < -0.4 is 5.73 Å². The third kappa shape index (κ3) is 5.19. The molecule has 1 rings (SSSR count). The van der Waals surface area contributed by atoms with Gasteiger partial charge < -0.3 is 10.8 Å². The van der Waals surface area contributed by atoms with E-state index in [2.05, 4.69) is 13.0 Å².